The van der Waals surface area contributed by atoms with Crippen LogP contribution in [0.2, 0.25) is 0 Å². The third-order valence-corrected chi connectivity index (χ3v) is 2.66. The van der Waals surface area contributed by atoms with Crippen molar-refractivity contribution in [1.82, 2.24) is 19.8 Å². The summed E-state index contributed by atoms with van der Waals surface area (Å²) in [6.45, 7) is 3.73. The second-order valence-corrected chi connectivity index (χ2v) is 4.38. The van der Waals surface area contributed by atoms with E-state index in [4.69, 9.17) is 0 Å². The van der Waals surface area contributed by atoms with Crippen molar-refractivity contribution in [2.45, 2.75) is 19.9 Å². The molecule has 19 heavy (non-hydrogen) atoms. The molecule has 1 aromatic heterocycles. The topological polar surface area (TPSA) is 73.0 Å². The number of carbonyl (C=O) groups is 1. The van der Waals surface area contributed by atoms with Crippen LogP contribution in [0.25, 0.3) is 0 Å². The summed E-state index contributed by atoms with van der Waals surface area (Å²) in [5.41, 5.74) is 0.145. The van der Waals surface area contributed by atoms with Crippen molar-refractivity contribution in [3.8, 4) is 0 Å². The highest BCUT2D eigenvalue weighted by Crippen LogP contribution is 2.16. The monoisotopic (exact) mass is 261 g/mol. The summed E-state index contributed by atoms with van der Waals surface area (Å²) >= 11 is 0. The molecule has 0 aliphatic rings. The van der Waals surface area contributed by atoms with Gasteiger partial charge in [-0.3, -0.25) is 4.90 Å². The average Bonchev–Trinajstić information content (AvgIpc) is 2.71. The standard InChI is InChI=1S/C12H15N5O2/c1-9(2)16(10-7-5-4-6-8-10)12(19)17-11(18)15(3)13-14-17/h4-9H,1-3H3. The highest BCUT2D eigenvalue weighted by molar-refractivity contribution is 5.93. The van der Waals surface area contributed by atoms with E-state index in [1.807, 2.05) is 32.0 Å². The third-order valence-electron chi connectivity index (χ3n) is 2.66. The molecule has 1 aromatic carbocycles. The smallest absolute Gasteiger partial charge is 0.290 e. The number of para-hydroxylation sites is 1. The SMILES string of the molecule is CC(C)N(C(=O)n1nnn(C)c1=O)c1ccccc1. The molecular formula is C12H15N5O2. The quantitative estimate of drug-likeness (QED) is 0.751. The van der Waals surface area contributed by atoms with Crippen LogP contribution in [0.3, 0.4) is 0 Å². The highest BCUT2D eigenvalue weighted by Gasteiger charge is 2.23. The Kier molecular flexibility index (Phi) is 3.46. The van der Waals surface area contributed by atoms with Crippen LogP contribution in [-0.2, 0) is 7.05 Å². The van der Waals surface area contributed by atoms with E-state index in [0.717, 1.165) is 9.36 Å². The maximum Gasteiger partial charge on any atom is 0.372 e. The molecule has 0 aliphatic heterocycles. The number of aryl methyl sites for hydroxylation is 1. The highest BCUT2D eigenvalue weighted by atomic mass is 16.2. The minimum Gasteiger partial charge on any atom is -0.290 e. The molecule has 1 amide bonds. The zero-order valence-corrected chi connectivity index (χ0v) is 11.0. The maximum atomic E-state index is 12.4. The van der Waals surface area contributed by atoms with Crippen molar-refractivity contribution >= 4 is 11.7 Å². The van der Waals surface area contributed by atoms with Crippen molar-refractivity contribution in [3.05, 3.63) is 40.8 Å². The predicted molar refractivity (Wildman–Crippen MR) is 70.1 cm³/mol. The molecule has 2 rings (SSSR count). The minimum atomic E-state index is -0.563. The van der Waals surface area contributed by atoms with Crippen LogP contribution >= 0.6 is 0 Å². The van der Waals surface area contributed by atoms with Crippen LogP contribution in [0.15, 0.2) is 35.1 Å². The van der Waals surface area contributed by atoms with Gasteiger partial charge in [-0.15, -0.1) is 4.68 Å². The summed E-state index contributed by atoms with van der Waals surface area (Å²) < 4.78 is 1.77. The number of benzene rings is 1. The van der Waals surface area contributed by atoms with Gasteiger partial charge < -0.3 is 0 Å². The van der Waals surface area contributed by atoms with Gasteiger partial charge in [-0.05, 0) is 36.4 Å². The van der Waals surface area contributed by atoms with Gasteiger partial charge >= 0.3 is 11.7 Å². The van der Waals surface area contributed by atoms with Crippen LogP contribution in [0.4, 0.5) is 10.5 Å². The van der Waals surface area contributed by atoms with E-state index in [-0.39, 0.29) is 6.04 Å². The molecule has 0 saturated carbocycles. The lowest BCUT2D eigenvalue weighted by Crippen LogP contribution is -2.44. The molecule has 7 nitrogen and oxygen atoms in total. The van der Waals surface area contributed by atoms with Gasteiger partial charge in [0, 0.05) is 18.8 Å². The molecule has 7 heteroatoms. The maximum absolute atomic E-state index is 12.4. The van der Waals surface area contributed by atoms with Gasteiger partial charge in [0.15, 0.2) is 0 Å². The van der Waals surface area contributed by atoms with Crippen molar-refractivity contribution in [1.29, 1.82) is 0 Å². The molecule has 0 radical (unpaired) electrons. The first kappa shape index (κ1) is 13.0. The Hall–Kier alpha value is -2.44. The first-order valence-electron chi connectivity index (χ1n) is 5.90. The van der Waals surface area contributed by atoms with E-state index in [9.17, 15) is 9.59 Å². The Morgan fingerprint density at radius 2 is 1.84 bits per heavy atom. The van der Waals surface area contributed by atoms with Gasteiger partial charge in [-0.1, -0.05) is 18.2 Å². The first-order valence-corrected chi connectivity index (χ1v) is 5.90. The second kappa shape index (κ2) is 5.05. The molecule has 1 heterocycles. The van der Waals surface area contributed by atoms with Gasteiger partial charge in [0.2, 0.25) is 0 Å². The van der Waals surface area contributed by atoms with Gasteiger partial charge in [-0.25, -0.2) is 9.59 Å². The number of tetrazole rings is 1. The fraction of sp³-hybridized carbons (Fsp3) is 0.333. The van der Waals surface area contributed by atoms with E-state index in [2.05, 4.69) is 10.4 Å². The largest absolute Gasteiger partial charge is 0.372 e. The van der Waals surface area contributed by atoms with E-state index in [1.165, 1.54) is 11.9 Å². The number of amides is 1. The number of hydrogen-bond acceptors (Lipinski definition) is 4. The van der Waals surface area contributed by atoms with Gasteiger partial charge in [-0.2, -0.15) is 4.68 Å². The van der Waals surface area contributed by atoms with E-state index >= 15 is 0 Å². The lowest BCUT2D eigenvalue weighted by atomic mass is 10.2. The molecular weight excluding hydrogens is 246 g/mol. The normalized spacial score (nSPS) is 10.7. The van der Waals surface area contributed by atoms with Crippen LogP contribution in [0, 0.1) is 0 Å². The number of rotatable bonds is 2. The number of carbonyl (C=O) groups excluding carboxylic acids is 1. The summed E-state index contributed by atoms with van der Waals surface area (Å²) in [5, 5.41) is 7.11. The predicted octanol–water partition coefficient (Wildman–Crippen LogP) is 0.860. The third kappa shape index (κ3) is 2.40. The summed E-state index contributed by atoms with van der Waals surface area (Å²) in [6, 6.07) is 8.51. The molecule has 0 bridgehead atoms. The fourth-order valence-corrected chi connectivity index (χ4v) is 1.75. The van der Waals surface area contributed by atoms with Crippen LogP contribution in [0.5, 0.6) is 0 Å². The summed E-state index contributed by atoms with van der Waals surface area (Å²) in [6.07, 6.45) is 0. The molecule has 0 unspecified atom stereocenters. The molecule has 100 valence electrons. The van der Waals surface area contributed by atoms with E-state index < -0.39 is 11.7 Å². The molecule has 0 fully saturated rings. The van der Waals surface area contributed by atoms with Crippen molar-refractivity contribution in [3.63, 3.8) is 0 Å². The van der Waals surface area contributed by atoms with Crippen molar-refractivity contribution in [2.75, 3.05) is 4.90 Å². The zero-order valence-electron chi connectivity index (χ0n) is 11.0. The van der Waals surface area contributed by atoms with E-state index in [1.54, 1.807) is 12.1 Å². The van der Waals surface area contributed by atoms with Gasteiger partial charge in [0.25, 0.3) is 0 Å². The average molecular weight is 261 g/mol. The van der Waals surface area contributed by atoms with Gasteiger partial charge in [0.1, 0.15) is 0 Å². The zero-order chi connectivity index (χ0) is 14.0. The number of aromatic nitrogens is 4. The summed E-state index contributed by atoms with van der Waals surface area (Å²) in [5.74, 6) is 0. The second-order valence-electron chi connectivity index (χ2n) is 4.38. The lowest BCUT2D eigenvalue weighted by molar-refractivity contribution is 0.242. The Balaban J connectivity index is 2.44. The Morgan fingerprint density at radius 1 is 1.21 bits per heavy atom. The molecule has 0 N–H and O–H groups in total. The van der Waals surface area contributed by atoms with Crippen molar-refractivity contribution < 1.29 is 4.79 Å². The molecule has 0 atom stereocenters. The fourth-order valence-electron chi connectivity index (χ4n) is 1.75. The molecule has 2 aromatic rings. The summed E-state index contributed by atoms with van der Waals surface area (Å²) in [7, 11) is 1.45. The molecule has 0 aliphatic carbocycles. The first-order chi connectivity index (χ1) is 9.02. The Morgan fingerprint density at radius 3 is 2.32 bits per heavy atom. The van der Waals surface area contributed by atoms with Crippen LogP contribution < -0.4 is 10.6 Å². The summed E-state index contributed by atoms with van der Waals surface area (Å²) in [4.78, 5) is 25.6. The van der Waals surface area contributed by atoms with Crippen molar-refractivity contribution in [2.24, 2.45) is 7.05 Å². The van der Waals surface area contributed by atoms with Gasteiger partial charge in [0.05, 0.1) is 0 Å². The molecule has 0 spiro atoms. The molecule has 0 saturated heterocycles. The van der Waals surface area contributed by atoms with Crippen LogP contribution in [-0.4, -0.2) is 31.9 Å². The number of nitrogens with zero attached hydrogens (tertiary/aromatic N) is 5. The lowest BCUT2D eigenvalue weighted by Gasteiger charge is -2.25. The van der Waals surface area contributed by atoms with E-state index in [0.29, 0.717) is 5.69 Å². The Labute approximate surface area is 110 Å². The Bertz CT molecular complexity index is 629. The minimum absolute atomic E-state index is 0.108. The number of anilines is 1. The number of hydrogen-bond donors (Lipinski definition) is 0. The van der Waals surface area contributed by atoms with Crippen LogP contribution in [0.1, 0.15) is 13.8 Å².